The summed E-state index contributed by atoms with van der Waals surface area (Å²) in [7, 11) is 1.30. The predicted molar refractivity (Wildman–Crippen MR) is 34.7 cm³/mol. The smallest absolute Gasteiger partial charge is 0.252 e. The lowest BCUT2D eigenvalue weighted by Gasteiger charge is -2.01. The average molecular weight is 144 g/mol. The molecule has 1 aromatic heterocycles. The molecule has 0 atom stereocenters. The highest BCUT2D eigenvalue weighted by atomic mass is 16.7. The normalized spacial score (nSPS) is 9.70. The first kappa shape index (κ1) is 6.60. The second kappa shape index (κ2) is 2.02. The van der Waals surface area contributed by atoms with Crippen LogP contribution in [0.2, 0.25) is 0 Å². The van der Waals surface area contributed by atoms with E-state index in [1.165, 1.54) is 13.2 Å². The summed E-state index contributed by atoms with van der Waals surface area (Å²) in [5.41, 5.74) is 5.29. The topological polar surface area (TPSA) is 80.6 Å². The molecule has 0 spiro atoms. The van der Waals surface area contributed by atoms with E-state index in [0.717, 1.165) is 4.73 Å². The lowest BCUT2D eigenvalue weighted by molar-refractivity contribution is 0.120. The Morgan fingerprint density at radius 2 is 2.20 bits per heavy atom. The number of hydrogen-bond acceptors (Lipinski definition) is 4. The summed E-state index contributed by atoms with van der Waals surface area (Å²) in [6.45, 7) is 0. The first-order valence-corrected chi connectivity index (χ1v) is 2.60. The highest BCUT2D eigenvalue weighted by Crippen LogP contribution is 2.27. The molecule has 0 fully saturated rings. The molecule has 1 aromatic rings. The van der Waals surface area contributed by atoms with Gasteiger partial charge in [0.2, 0.25) is 5.88 Å². The Hall–Kier alpha value is -1.52. The molecule has 5 heteroatoms. The Morgan fingerprint density at radius 3 is 2.40 bits per heavy atom. The molecule has 1 rings (SSSR count). The van der Waals surface area contributed by atoms with E-state index in [-0.39, 0.29) is 17.4 Å². The van der Waals surface area contributed by atoms with E-state index in [2.05, 4.69) is 4.84 Å². The fraction of sp³-hybridized carbons (Fsp3) is 0.200. The molecule has 5 nitrogen and oxygen atoms in total. The zero-order valence-electron chi connectivity index (χ0n) is 5.40. The van der Waals surface area contributed by atoms with Gasteiger partial charge in [-0.25, -0.2) is 0 Å². The third-order valence-electron chi connectivity index (χ3n) is 1.13. The standard InChI is InChI=1S/C5H8N2O3/c1-10-7-4(8)2-3(6)5(7)9/h2,8-9H,6H2,1H3. The van der Waals surface area contributed by atoms with Crippen molar-refractivity contribution >= 4 is 5.69 Å². The molecule has 0 unspecified atom stereocenters. The first-order chi connectivity index (χ1) is 4.66. The van der Waals surface area contributed by atoms with Crippen molar-refractivity contribution in [1.29, 1.82) is 0 Å². The summed E-state index contributed by atoms with van der Waals surface area (Å²) in [6.07, 6.45) is 0. The van der Waals surface area contributed by atoms with E-state index in [1.807, 2.05) is 0 Å². The average Bonchev–Trinajstić information content (AvgIpc) is 2.09. The first-order valence-electron chi connectivity index (χ1n) is 2.60. The number of aromatic hydroxyl groups is 2. The molecule has 1 heterocycles. The Balaban J connectivity index is 3.20. The summed E-state index contributed by atoms with van der Waals surface area (Å²) < 4.78 is 0.815. The van der Waals surface area contributed by atoms with Gasteiger partial charge >= 0.3 is 0 Å². The number of nitrogen functional groups attached to an aromatic ring is 1. The Bertz CT molecular complexity index is 243. The second-order valence-electron chi connectivity index (χ2n) is 1.76. The summed E-state index contributed by atoms with van der Waals surface area (Å²) >= 11 is 0. The highest BCUT2D eigenvalue weighted by molar-refractivity contribution is 5.52. The molecule has 0 aliphatic carbocycles. The summed E-state index contributed by atoms with van der Waals surface area (Å²) in [4.78, 5) is 4.53. The van der Waals surface area contributed by atoms with E-state index in [9.17, 15) is 0 Å². The van der Waals surface area contributed by atoms with E-state index in [4.69, 9.17) is 15.9 Å². The van der Waals surface area contributed by atoms with Crippen LogP contribution >= 0.6 is 0 Å². The van der Waals surface area contributed by atoms with Crippen LogP contribution in [0.15, 0.2) is 6.07 Å². The molecule has 0 bridgehead atoms. The van der Waals surface area contributed by atoms with Crippen molar-refractivity contribution in [2.45, 2.75) is 0 Å². The van der Waals surface area contributed by atoms with Gasteiger partial charge in [-0.3, -0.25) is 0 Å². The van der Waals surface area contributed by atoms with Gasteiger partial charge in [-0.2, -0.15) is 0 Å². The number of anilines is 1. The number of nitrogens with zero attached hydrogens (tertiary/aromatic N) is 1. The molecule has 0 aliphatic rings. The maximum atomic E-state index is 8.97. The van der Waals surface area contributed by atoms with E-state index in [0.29, 0.717) is 0 Å². The maximum Gasteiger partial charge on any atom is 0.252 e. The third kappa shape index (κ3) is 0.717. The van der Waals surface area contributed by atoms with Crippen molar-refractivity contribution in [3.63, 3.8) is 0 Å². The summed E-state index contributed by atoms with van der Waals surface area (Å²) in [6, 6.07) is 1.19. The monoisotopic (exact) mass is 144 g/mol. The Morgan fingerprint density at radius 1 is 1.60 bits per heavy atom. The molecule has 0 saturated carbocycles. The minimum absolute atomic E-state index is 0.0827. The van der Waals surface area contributed by atoms with Gasteiger partial charge in [0.15, 0.2) is 0 Å². The van der Waals surface area contributed by atoms with Crippen molar-refractivity contribution in [2.24, 2.45) is 0 Å². The van der Waals surface area contributed by atoms with Gasteiger partial charge in [0.1, 0.15) is 12.8 Å². The van der Waals surface area contributed by atoms with Crippen molar-refractivity contribution in [1.82, 2.24) is 4.73 Å². The molecule has 0 aromatic carbocycles. The number of hydrogen-bond donors (Lipinski definition) is 3. The van der Waals surface area contributed by atoms with Gasteiger partial charge in [0.05, 0.1) is 0 Å². The fourth-order valence-electron chi connectivity index (χ4n) is 0.668. The molecular formula is C5H8N2O3. The van der Waals surface area contributed by atoms with Crippen LogP contribution in [-0.4, -0.2) is 22.1 Å². The van der Waals surface area contributed by atoms with Crippen LogP contribution in [-0.2, 0) is 0 Å². The largest absolute Gasteiger partial charge is 0.492 e. The quantitative estimate of drug-likeness (QED) is 0.498. The van der Waals surface area contributed by atoms with Gasteiger partial charge in [0.25, 0.3) is 5.88 Å². The van der Waals surface area contributed by atoms with Gasteiger partial charge in [-0.15, -0.1) is 4.73 Å². The third-order valence-corrected chi connectivity index (χ3v) is 1.13. The van der Waals surface area contributed by atoms with Crippen LogP contribution in [0.5, 0.6) is 11.8 Å². The molecule has 56 valence electrons. The van der Waals surface area contributed by atoms with E-state index < -0.39 is 0 Å². The van der Waals surface area contributed by atoms with Crippen LogP contribution in [0, 0.1) is 0 Å². The number of rotatable bonds is 1. The minimum atomic E-state index is -0.292. The summed E-state index contributed by atoms with van der Waals surface area (Å²) in [5, 5.41) is 17.9. The van der Waals surface area contributed by atoms with Crippen LogP contribution < -0.4 is 10.6 Å². The van der Waals surface area contributed by atoms with E-state index >= 15 is 0 Å². The van der Waals surface area contributed by atoms with Crippen LogP contribution in [0.1, 0.15) is 0 Å². The van der Waals surface area contributed by atoms with Gasteiger partial charge < -0.3 is 20.8 Å². The second-order valence-corrected chi connectivity index (χ2v) is 1.76. The molecule has 0 radical (unpaired) electrons. The molecular weight excluding hydrogens is 136 g/mol. The molecule has 4 N–H and O–H groups in total. The Labute approximate surface area is 57.2 Å². The lowest BCUT2D eigenvalue weighted by atomic mass is 10.5. The van der Waals surface area contributed by atoms with Crippen molar-refractivity contribution in [3.05, 3.63) is 6.07 Å². The zero-order valence-corrected chi connectivity index (χ0v) is 5.40. The SMILES string of the molecule is COn1c(O)cc(N)c1O. The van der Waals surface area contributed by atoms with Crippen LogP contribution in [0.4, 0.5) is 5.69 Å². The predicted octanol–water partition coefficient (Wildman–Crippen LogP) is -0.460. The Kier molecular flexibility index (Phi) is 1.33. The molecule has 0 amide bonds. The van der Waals surface area contributed by atoms with Gasteiger partial charge in [-0.1, -0.05) is 0 Å². The molecule has 10 heavy (non-hydrogen) atoms. The van der Waals surface area contributed by atoms with E-state index in [1.54, 1.807) is 0 Å². The minimum Gasteiger partial charge on any atom is -0.492 e. The fourth-order valence-corrected chi connectivity index (χ4v) is 0.668. The maximum absolute atomic E-state index is 8.97. The number of nitrogens with two attached hydrogens (primary N) is 1. The highest BCUT2D eigenvalue weighted by Gasteiger charge is 2.10. The van der Waals surface area contributed by atoms with Crippen molar-refractivity contribution in [2.75, 3.05) is 12.8 Å². The van der Waals surface area contributed by atoms with Gasteiger partial charge in [0, 0.05) is 6.07 Å². The number of aromatic nitrogens is 1. The lowest BCUT2D eigenvalue weighted by Crippen LogP contribution is -2.03. The summed E-state index contributed by atoms with van der Waals surface area (Å²) in [5.74, 6) is -0.516. The zero-order chi connectivity index (χ0) is 7.72. The molecule has 0 saturated heterocycles. The van der Waals surface area contributed by atoms with Gasteiger partial charge in [-0.05, 0) is 0 Å². The molecule has 0 aliphatic heterocycles. The van der Waals surface area contributed by atoms with Crippen LogP contribution in [0.25, 0.3) is 0 Å². The van der Waals surface area contributed by atoms with Crippen molar-refractivity contribution in [3.8, 4) is 11.8 Å². The van der Waals surface area contributed by atoms with Crippen molar-refractivity contribution < 1.29 is 15.1 Å². The van der Waals surface area contributed by atoms with Crippen LogP contribution in [0.3, 0.4) is 0 Å².